The Kier molecular flexibility index (Phi) is 6.36. The van der Waals surface area contributed by atoms with Gasteiger partial charge >= 0.3 is 5.97 Å². The third-order valence-electron chi connectivity index (χ3n) is 3.61. The minimum atomic E-state index is -0.504. The molecule has 1 N–H and O–H groups in total. The van der Waals surface area contributed by atoms with Crippen LogP contribution >= 0.6 is 22.6 Å². The Labute approximate surface area is 155 Å². The number of rotatable bonds is 5. The highest BCUT2D eigenvalue weighted by Gasteiger charge is 2.14. The molecule has 0 aliphatic heterocycles. The van der Waals surface area contributed by atoms with Crippen LogP contribution < -0.4 is 5.32 Å². The molecule has 0 heterocycles. The fourth-order valence-electron chi connectivity index (χ4n) is 2.32. The minimum Gasteiger partial charge on any atom is -0.452 e. The van der Waals surface area contributed by atoms with Crippen LogP contribution in [0.4, 0.5) is 5.69 Å². The van der Waals surface area contributed by atoms with Crippen molar-refractivity contribution < 1.29 is 14.3 Å². The maximum atomic E-state index is 12.1. The number of aryl methyl sites for hydroxylation is 1. The third-order valence-corrected chi connectivity index (χ3v) is 4.32. The average molecular weight is 437 g/mol. The summed E-state index contributed by atoms with van der Waals surface area (Å²) in [6, 6.07) is 12.9. The molecular weight excluding hydrogens is 417 g/mol. The van der Waals surface area contributed by atoms with Gasteiger partial charge in [0.25, 0.3) is 5.91 Å². The van der Waals surface area contributed by atoms with Crippen LogP contribution in [-0.4, -0.2) is 18.5 Å². The first-order valence-corrected chi connectivity index (χ1v) is 8.78. The third kappa shape index (κ3) is 4.80. The van der Waals surface area contributed by atoms with Crippen molar-refractivity contribution in [3.8, 4) is 0 Å². The van der Waals surface area contributed by atoms with Crippen LogP contribution in [0.5, 0.6) is 0 Å². The minimum absolute atomic E-state index is 0.287. The number of halogens is 1. The molecule has 1 amide bonds. The van der Waals surface area contributed by atoms with Crippen LogP contribution in [-0.2, 0) is 9.53 Å². The number of hydrogen-bond acceptors (Lipinski definition) is 3. The summed E-state index contributed by atoms with van der Waals surface area (Å²) in [7, 11) is 0. The van der Waals surface area contributed by atoms with Crippen LogP contribution in [0.25, 0.3) is 0 Å². The summed E-state index contributed by atoms with van der Waals surface area (Å²) in [4.78, 5) is 24.1. The predicted octanol–water partition coefficient (Wildman–Crippen LogP) is 4.52. The summed E-state index contributed by atoms with van der Waals surface area (Å²) < 4.78 is 6.12. The van der Waals surface area contributed by atoms with Crippen molar-refractivity contribution in [3.05, 3.63) is 62.7 Å². The maximum Gasteiger partial charge on any atom is 0.338 e. The van der Waals surface area contributed by atoms with E-state index in [9.17, 15) is 9.59 Å². The number of hydrogen-bond donors (Lipinski definition) is 1. The lowest BCUT2D eigenvalue weighted by Gasteiger charge is -2.16. The van der Waals surface area contributed by atoms with Crippen molar-refractivity contribution in [2.45, 2.75) is 26.7 Å². The normalized spacial score (nSPS) is 10.5. The molecule has 2 aromatic carbocycles. The average Bonchev–Trinajstić information content (AvgIpc) is 2.55. The summed E-state index contributed by atoms with van der Waals surface area (Å²) in [5, 5.41) is 2.86. The molecule has 126 valence electrons. The molecule has 2 aromatic rings. The quantitative estimate of drug-likeness (QED) is 0.553. The smallest absolute Gasteiger partial charge is 0.338 e. The molecular formula is C19H20INO3. The zero-order valence-electron chi connectivity index (χ0n) is 13.9. The fourth-order valence-corrected chi connectivity index (χ4v) is 2.68. The van der Waals surface area contributed by atoms with E-state index in [1.165, 1.54) is 0 Å². The molecule has 0 unspecified atom stereocenters. The number of carbonyl (C=O) groups excluding carboxylic acids is 2. The number of amides is 1. The van der Waals surface area contributed by atoms with E-state index in [-0.39, 0.29) is 18.4 Å². The number of benzene rings is 2. The standard InChI is InChI=1S/C19H20INO3/c1-12(2)16-6-4-5-13(3)18(16)21-17(22)11-24-19(23)14-7-9-15(20)10-8-14/h4-10,12H,11H2,1-3H3,(H,21,22). The first kappa shape index (κ1) is 18.4. The molecule has 0 aromatic heterocycles. The maximum absolute atomic E-state index is 12.1. The van der Waals surface area contributed by atoms with Gasteiger partial charge in [-0.05, 0) is 70.8 Å². The Morgan fingerprint density at radius 1 is 1.12 bits per heavy atom. The van der Waals surface area contributed by atoms with Crippen molar-refractivity contribution in [1.29, 1.82) is 0 Å². The Balaban J connectivity index is 1.99. The van der Waals surface area contributed by atoms with E-state index < -0.39 is 5.97 Å². The van der Waals surface area contributed by atoms with E-state index in [2.05, 4.69) is 41.8 Å². The van der Waals surface area contributed by atoms with Gasteiger partial charge in [0.15, 0.2) is 6.61 Å². The number of carbonyl (C=O) groups is 2. The monoisotopic (exact) mass is 437 g/mol. The van der Waals surface area contributed by atoms with Crippen molar-refractivity contribution >= 4 is 40.2 Å². The molecule has 0 fully saturated rings. The van der Waals surface area contributed by atoms with Crippen molar-refractivity contribution in [2.24, 2.45) is 0 Å². The zero-order chi connectivity index (χ0) is 17.7. The van der Waals surface area contributed by atoms with Crippen molar-refractivity contribution in [2.75, 3.05) is 11.9 Å². The van der Waals surface area contributed by atoms with Crippen LogP contribution in [0.3, 0.4) is 0 Å². The number of nitrogens with one attached hydrogen (secondary N) is 1. The lowest BCUT2D eigenvalue weighted by molar-refractivity contribution is -0.119. The first-order valence-electron chi connectivity index (χ1n) is 7.70. The molecule has 0 atom stereocenters. The Bertz CT molecular complexity index is 739. The molecule has 0 aliphatic rings. The molecule has 0 spiro atoms. The summed E-state index contributed by atoms with van der Waals surface area (Å²) in [5.74, 6) is -0.560. The SMILES string of the molecule is Cc1cccc(C(C)C)c1NC(=O)COC(=O)c1ccc(I)cc1. The highest BCUT2D eigenvalue weighted by atomic mass is 127. The second-order valence-electron chi connectivity index (χ2n) is 5.83. The van der Waals surface area contributed by atoms with Crippen molar-refractivity contribution in [3.63, 3.8) is 0 Å². The van der Waals surface area contributed by atoms with Crippen LogP contribution in [0.2, 0.25) is 0 Å². The van der Waals surface area contributed by atoms with Gasteiger partial charge in [-0.3, -0.25) is 4.79 Å². The zero-order valence-corrected chi connectivity index (χ0v) is 16.1. The fraction of sp³-hybridized carbons (Fsp3) is 0.263. The van der Waals surface area contributed by atoms with E-state index in [1.54, 1.807) is 12.1 Å². The summed E-state index contributed by atoms with van der Waals surface area (Å²) in [5.41, 5.74) is 3.27. The van der Waals surface area contributed by atoms with Gasteiger partial charge in [-0.15, -0.1) is 0 Å². The highest BCUT2D eigenvalue weighted by Crippen LogP contribution is 2.27. The lowest BCUT2D eigenvalue weighted by Crippen LogP contribution is -2.22. The van der Waals surface area contributed by atoms with Gasteiger partial charge in [0.05, 0.1) is 5.56 Å². The van der Waals surface area contributed by atoms with Crippen LogP contribution in [0.15, 0.2) is 42.5 Å². The second-order valence-corrected chi connectivity index (χ2v) is 7.07. The van der Waals surface area contributed by atoms with E-state index in [4.69, 9.17) is 4.74 Å². The molecule has 0 aliphatic carbocycles. The summed E-state index contributed by atoms with van der Waals surface area (Å²) >= 11 is 2.16. The van der Waals surface area contributed by atoms with E-state index in [0.717, 1.165) is 20.4 Å². The van der Waals surface area contributed by atoms with E-state index >= 15 is 0 Å². The molecule has 0 bridgehead atoms. The van der Waals surface area contributed by atoms with E-state index in [1.807, 2.05) is 37.3 Å². The Hall–Kier alpha value is -1.89. The van der Waals surface area contributed by atoms with Gasteiger partial charge in [-0.25, -0.2) is 4.79 Å². The lowest BCUT2D eigenvalue weighted by atomic mass is 9.98. The molecule has 0 radical (unpaired) electrons. The van der Waals surface area contributed by atoms with Crippen LogP contribution in [0, 0.1) is 10.5 Å². The number of esters is 1. The molecule has 5 heteroatoms. The number of ether oxygens (including phenoxy) is 1. The van der Waals surface area contributed by atoms with Gasteiger partial charge in [-0.1, -0.05) is 32.0 Å². The molecule has 2 rings (SSSR count). The molecule has 4 nitrogen and oxygen atoms in total. The largest absolute Gasteiger partial charge is 0.452 e. The van der Waals surface area contributed by atoms with Gasteiger partial charge in [0.1, 0.15) is 0 Å². The van der Waals surface area contributed by atoms with Gasteiger partial charge in [-0.2, -0.15) is 0 Å². The summed E-state index contributed by atoms with van der Waals surface area (Å²) in [6.45, 7) is 5.78. The number of anilines is 1. The number of para-hydroxylation sites is 1. The van der Waals surface area contributed by atoms with Gasteiger partial charge in [0.2, 0.25) is 0 Å². The van der Waals surface area contributed by atoms with Crippen molar-refractivity contribution in [1.82, 2.24) is 0 Å². The Morgan fingerprint density at radius 2 is 1.79 bits per heavy atom. The van der Waals surface area contributed by atoms with Crippen LogP contribution in [0.1, 0.15) is 41.3 Å². The molecule has 0 saturated heterocycles. The predicted molar refractivity (Wildman–Crippen MR) is 103 cm³/mol. The first-order chi connectivity index (χ1) is 11.4. The van der Waals surface area contributed by atoms with Gasteiger partial charge < -0.3 is 10.1 Å². The molecule has 0 saturated carbocycles. The summed E-state index contributed by atoms with van der Waals surface area (Å²) in [6.07, 6.45) is 0. The Morgan fingerprint density at radius 3 is 2.42 bits per heavy atom. The van der Waals surface area contributed by atoms with Gasteiger partial charge in [0, 0.05) is 9.26 Å². The molecule has 24 heavy (non-hydrogen) atoms. The topological polar surface area (TPSA) is 55.4 Å². The highest BCUT2D eigenvalue weighted by molar-refractivity contribution is 14.1. The van der Waals surface area contributed by atoms with E-state index in [0.29, 0.717) is 5.56 Å². The second kappa shape index (κ2) is 8.28.